The minimum atomic E-state index is -0.433. The monoisotopic (exact) mass is 356 g/mol. The van der Waals surface area contributed by atoms with Crippen molar-refractivity contribution >= 4 is 11.6 Å². The van der Waals surface area contributed by atoms with E-state index in [1.54, 1.807) is 0 Å². The first kappa shape index (κ1) is 17.9. The Labute approximate surface area is 154 Å². The van der Waals surface area contributed by atoms with Gasteiger partial charge in [0, 0.05) is 10.6 Å². The van der Waals surface area contributed by atoms with E-state index in [9.17, 15) is 5.11 Å². The number of nitrogens with zero attached hydrogens (tertiary/aromatic N) is 2. The molecule has 0 amide bonds. The normalized spacial score (nSPS) is 17.0. The molecule has 3 rings (SSSR count). The zero-order valence-electron chi connectivity index (χ0n) is 15.7. The fraction of sp³-hybridized carbons (Fsp3) is 0.429. The third-order valence-corrected chi connectivity index (χ3v) is 4.79. The van der Waals surface area contributed by atoms with Crippen molar-refractivity contribution in [3.8, 4) is 5.75 Å². The van der Waals surface area contributed by atoms with Gasteiger partial charge in [0.15, 0.2) is 6.17 Å². The van der Waals surface area contributed by atoms with Crippen molar-refractivity contribution in [3.05, 3.63) is 62.8 Å². The van der Waals surface area contributed by atoms with Crippen LogP contribution in [0.3, 0.4) is 0 Å². The molecule has 1 unspecified atom stereocenters. The van der Waals surface area contributed by atoms with Crippen molar-refractivity contribution < 1.29 is 5.11 Å². The van der Waals surface area contributed by atoms with E-state index in [1.165, 1.54) is 5.56 Å². The molecule has 1 heterocycles. The molecule has 1 N–H and O–H groups in total. The second-order valence-corrected chi connectivity index (χ2v) is 9.16. The summed E-state index contributed by atoms with van der Waals surface area (Å²) < 4.78 is 0. The predicted octanol–water partition coefficient (Wildman–Crippen LogP) is 4.59. The molecule has 0 spiro atoms. The number of benzene rings is 2. The quantitative estimate of drug-likeness (QED) is 0.797. The standard InChI is InChI=1S/C21H25ClN2O/c1-20(2,3)12-9-14(18(25)15(10-12)21(4,5)6)19-23-16-8-7-13(22)11-17(16)24-19/h7-11,19,25H,1-6H3. The van der Waals surface area contributed by atoms with E-state index < -0.39 is 6.17 Å². The maximum atomic E-state index is 11.0. The highest BCUT2D eigenvalue weighted by Crippen LogP contribution is 2.41. The van der Waals surface area contributed by atoms with Crippen molar-refractivity contribution in [2.75, 3.05) is 0 Å². The SMILES string of the molecule is CC(C)(C)c1cc(C2N=c3ccc(Cl)cc3=N2)c(O)c(C(C)(C)C)c1. The first-order chi connectivity index (χ1) is 11.5. The maximum absolute atomic E-state index is 11.0. The van der Waals surface area contributed by atoms with Crippen LogP contribution in [0.25, 0.3) is 0 Å². The number of aromatic hydroxyl groups is 1. The Morgan fingerprint density at radius 3 is 2.12 bits per heavy atom. The third-order valence-electron chi connectivity index (χ3n) is 4.55. The van der Waals surface area contributed by atoms with Crippen LogP contribution in [0.1, 0.15) is 64.4 Å². The van der Waals surface area contributed by atoms with Gasteiger partial charge in [-0.3, -0.25) is 9.98 Å². The van der Waals surface area contributed by atoms with Gasteiger partial charge in [-0.2, -0.15) is 0 Å². The van der Waals surface area contributed by atoms with E-state index in [4.69, 9.17) is 11.6 Å². The number of phenolic OH excluding ortho intramolecular Hbond substituents is 1. The smallest absolute Gasteiger partial charge is 0.170 e. The number of rotatable bonds is 1. The largest absolute Gasteiger partial charge is 0.507 e. The fourth-order valence-corrected chi connectivity index (χ4v) is 3.17. The summed E-state index contributed by atoms with van der Waals surface area (Å²) in [4.78, 5) is 9.36. The van der Waals surface area contributed by atoms with Gasteiger partial charge in [-0.1, -0.05) is 59.2 Å². The van der Waals surface area contributed by atoms with E-state index in [0.29, 0.717) is 5.02 Å². The fourth-order valence-electron chi connectivity index (χ4n) is 3.00. The molecule has 0 saturated carbocycles. The molecular formula is C21H25ClN2O. The summed E-state index contributed by atoms with van der Waals surface area (Å²) in [6.07, 6.45) is -0.433. The lowest BCUT2D eigenvalue weighted by Gasteiger charge is -2.28. The summed E-state index contributed by atoms with van der Waals surface area (Å²) in [5.74, 6) is 0.289. The Balaban J connectivity index is 2.23. The predicted molar refractivity (Wildman–Crippen MR) is 102 cm³/mol. The molecule has 0 saturated heterocycles. The van der Waals surface area contributed by atoms with Gasteiger partial charge in [0.2, 0.25) is 0 Å². The number of fused-ring (bicyclic) bond motifs is 1. The van der Waals surface area contributed by atoms with Crippen LogP contribution < -0.4 is 10.7 Å². The highest BCUT2D eigenvalue weighted by Gasteiger charge is 2.28. The summed E-state index contributed by atoms with van der Waals surface area (Å²) in [5.41, 5.74) is 2.65. The van der Waals surface area contributed by atoms with Crippen LogP contribution in [0.5, 0.6) is 5.75 Å². The topological polar surface area (TPSA) is 45.0 Å². The lowest BCUT2D eigenvalue weighted by molar-refractivity contribution is 0.433. The highest BCUT2D eigenvalue weighted by molar-refractivity contribution is 6.30. The Morgan fingerprint density at radius 1 is 0.880 bits per heavy atom. The average molecular weight is 357 g/mol. The summed E-state index contributed by atoms with van der Waals surface area (Å²) >= 11 is 6.07. The number of halogens is 1. The van der Waals surface area contributed by atoms with E-state index >= 15 is 0 Å². The van der Waals surface area contributed by atoms with Crippen LogP contribution in [0.4, 0.5) is 0 Å². The summed E-state index contributed by atoms with van der Waals surface area (Å²) in [7, 11) is 0. The van der Waals surface area contributed by atoms with Crippen molar-refractivity contribution in [2.45, 2.75) is 58.5 Å². The molecule has 1 aliphatic rings. The van der Waals surface area contributed by atoms with Crippen LogP contribution in [0.15, 0.2) is 40.3 Å². The van der Waals surface area contributed by atoms with Gasteiger partial charge < -0.3 is 5.11 Å². The number of hydrogen-bond donors (Lipinski definition) is 1. The Morgan fingerprint density at radius 2 is 1.52 bits per heavy atom. The molecule has 2 aromatic carbocycles. The van der Waals surface area contributed by atoms with Crippen LogP contribution in [0, 0.1) is 0 Å². The maximum Gasteiger partial charge on any atom is 0.170 e. The summed E-state index contributed by atoms with van der Waals surface area (Å²) in [6, 6.07) is 9.65. The Bertz CT molecular complexity index is 950. The van der Waals surface area contributed by atoms with Crippen LogP contribution >= 0.6 is 11.6 Å². The molecule has 0 aliphatic carbocycles. The zero-order chi connectivity index (χ0) is 18.6. The summed E-state index contributed by atoms with van der Waals surface area (Å²) in [6.45, 7) is 12.8. The van der Waals surface area contributed by atoms with Crippen molar-refractivity contribution in [1.82, 2.24) is 0 Å². The molecule has 2 aromatic rings. The minimum absolute atomic E-state index is 0.0305. The van der Waals surface area contributed by atoms with Crippen LogP contribution in [0.2, 0.25) is 5.02 Å². The number of hydrogen-bond acceptors (Lipinski definition) is 3. The lowest BCUT2D eigenvalue weighted by Crippen LogP contribution is -2.20. The van der Waals surface area contributed by atoms with Gasteiger partial charge in [-0.25, -0.2) is 0 Å². The zero-order valence-corrected chi connectivity index (χ0v) is 16.4. The molecule has 4 heteroatoms. The number of phenols is 1. The van der Waals surface area contributed by atoms with E-state index in [-0.39, 0.29) is 16.6 Å². The van der Waals surface area contributed by atoms with Crippen molar-refractivity contribution in [3.63, 3.8) is 0 Å². The molecule has 1 aliphatic heterocycles. The highest BCUT2D eigenvalue weighted by atomic mass is 35.5. The van der Waals surface area contributed by atoms with Crippen molar-refractivity contribution in [1.29, 1.82) is 0 Å². The molecule has 25 heavy (non-hydrogen) atoms. The van der Waals surface area contributed by atoms with Gasteiger partial charge in [0.1, 0.15) is 5.75 Å². The summed E-state index contributed by atoms with van der Waals surface area (Å²) in [5, 5.41) is 13.2. The first-order valence-electron chi connectivity index (χ1n) is 8.56. The van der Waals surface area contributed by atoms with E-state index in [1.807, 2.05) is 24.3 Å². The van der Waals surface area contributed by atoms with Gasteiger partial charge in [-0.15, -0.1) is 0 Å². The molecule has 132 valence electrons. The van der Waals surface area contributed by atoms with Gasteiger partial charge in [-0.05, 0) is 46.2 Å². The third kappa shape index (κ3) is 3.43. The molecule has 0 aromatic heterocycles. The second-order valence-electron chi connectivity index (χ2n) is 8.73. The van der Waals surface area contributed by atoms with Crippen LogP contribution in [-0.4, -0.2) is 5.11 Å². The van der Waals surface area contributed by atoms with E-state index in [2.05, 4.69) is 57.6 Å². The molecule has 0 fully saturated rings. The molecule has 0 bridgehead atoms. The minimum Gasteiger partial charge on any atom is -0.507 e. The van der Waals surface area contributed by atoms with Gasteiger partial charge in [0.05, 0.1) is 10.7 Å². The van der Waals surface area contributed by atoms with Gasteiger partial charge in [0.25, 0.3) is 0 Å². The first-order valence-corrected chi connectivity index (χ1v) is 8.94. The van der Waals surface area contributed by atoms with Crippen molar-refractivity contribution in [2.24, 2.45) is 9.98 Å². The van der Waals surface area contributed by atoms with Gasteiger partial charge >= 0.3 is 0 Å². The molecule has 0 radical (unpaired) electrons. The van der Waals surface area contributed by atoms with Crippen LogP contribution in [-0.2, 0) is 10.8 Å². The molecule has 3 nitrogen and oxygen atoms in total. The molecular weight excluding hydrogens is 332 g/mol. The average Bonchev–Trinajstić information content (AvgIpc) is 2.87. The lowest BCUT2D eigenvalue weighted by atomic mass is 9.78. The molecule has 1 atom stereocenters. The van der Waals surface area contributed by atoms with E-state index in [0.717, 1.165) is 21.8 Å². The Hall–Kier alpha value is -1.87. The Kier molecular flexibility index (Phi) is 4.19. The second kappa shape index (κ2) is 5.84.